The Hall–Kier alpha value is -2.35. The van der Waals surface area contributed by atoms with E-state index in [2.05, 4.69) is 15.1 Å². The number of aryl methyl sites for hydroxylation is 1. The van der Waals surface area contributed by atoms with E-state index in [1.807, 2.05) is 0 Å². The monoisotopic (exact) mass is 374 g/mol. The van der Waals surface area contributed by atoms with Gasteiger partial charge in [0.1, 0.15) is 0 Å². The van der Waals surface area contributed by atoms with E-state index in [4.69, 9.17) is 9.26 Å². The number of aromatic nitrogens is 3. The number of ether oxygens (including phenoxy) is 1. The van der Waals surface area contributed by atoms with E-state index in [1.165, 1.54) is 12.3 Å². The number of amides is 1. The second-order valence-electron chi connectivity index (χ2n) is 7.47. The van der Waals surface area contributed by atoms with Gasteiger partial charge >= 0.3 is 0 Å². The molecule has 2 aromatic heterocycles. The van der Waals surface area contributed by atoms with Crippen LogP contribution in [0.2, 0.25) is 0 Å². The largest absolute Gasteiger partial charge is 0.375 e. The maximum atomic E-state index is 13.8. The zero-order valence-corrected chi connectivity index (χ0v) is 15.4. The van der Waals surface area contributed by atoms with Crippen molar-refractivity contribution in [1.82, 2.24) is 20.0 Å². The molecule has 0 N–H and O–H groups in total. The number of hydrogen-bond acceptors (Lipinski definition) is 6. The average molecular weight is 374 g/mol. The summed E-state index contributed by atoms with van der Waals surface area (Å²) in [4.78, 5) is 22.3. The van der Waals surface area contributed by atoms with E-state index in [0.717, 1.165) is 44.1 Å². The molecule has 1 atom stereocenters. The summed E-state index contributed by atoms with van der Waals surface area (Å²) in [5.74, 6) is 0.916. The first-order chi connectivity index (χ1) is 13.0. The van der Waals surface area contributed by atoms with Crippen molar-refractivity contribution in [2.45, 2.75) is 44.6 Å². The minimum absolute atomic E-state index is 0.0795. The van der Waals surface area contributed by atoms with Crippen LogP contribution in [0.25, 0.3) is 0 Å². The van der Waals surface area contributed by atoms with Crippen LogP contribution in [0.5, 0.6) is 0 Å². The fourth-order valence-corrected chi connectivity index (χ4v) is 4.17. The highest BCUT2D eigenvalue weighted by Gasteiger charge is 2.41. The molecule has 0 aliphatic carbocycles. The fraction of sp³-hybridized carbons (Fsp3) is 0.579. The number of likely N-dealkylation sites (tertiary alicyclic amines) is 1. The van der Waals surface area contributed by atoms with Gasteiger partial charge in [0.25, 0.3) is 5.91 Å². The SMILES string of the molecule is Cc1nc(CC2CCOC3(CCN(C(=O)c4ccncc4F)CC3)C2)no1. The molecule has 0 aromatic carbocycles. The lowest BCUT2D eigenvalue weighted by molar-refractivity contribution is -0.123. The highest BCUT2D eigenvalue weighted by atomic mass is 19.1. The molecule has 27 heavy (non-hydrogen) atoms. The smallest absolute Gasteiger partial charge is 0.256 e. The van der Waals surface area contributed by atoms with Crippen LogP contribution in [0.1, 0.15) is 47.8 Å². The number of carbonyl (C=O) groups is 1. The number of carbonyl (C=O) groups excluding carboxylic acids is 1. The van der Waals surface area contributed by atoms with Crippen molar-refractivity contribution in [2.24, 2.45) is 5.92 Å². The molecule has 1 amide bonds. The molecule has 1 spiro atoms. The Morgan fingerprint density at radius 1 is 1.41 bits per heavy atom. The van der Waals surface area contributed by atoms with E-state index in [1.54, 1.807) is 11.8 Å². The topological polar surface area (TPSA) is 81.4 Å². The van der Waals surface area contributed by atoms with Gasteiger partial charge in [0.2, 0.25) is 5.89 Å². The van der Waals surface area contributed by atoms with Crippen molar-refractivity contribution >= 4 is 5.91 Å². The highest BCUT2D eigenvalue weighted by molar-refractivity contribution is 5.94. The van der Waals surface area contributed by atoms with Gasteiger partial charge in [-0.1, -0.05) is 5.16 Å². The molecule has 8 heteroatoms. The highest BCUT2D eigenvalue weighted by Crippen LogP contribution is 2.38. The maximum Gasteiger partial charge on any atom is 0.256 e. The zero-order valence-electron chi connectivity index (χ0n) is 15.4. The second-order valence-corrected chi connectivity index (χ2v) is 7.47. The molecule has 1 unspecified atom stereocenters. The van der Waals surface area contributed by atoms with Crippen LogP contribution in [0, 0.1) is 18.7 Å². The molecule has 144 valence electrons. The van der Waals surface area contributed by atoms with Gasteiger partial charge in [-0.15, -0.1) is 0 Å². The number of piperidine rings is 1. The summed E-state index contributed by atoms with van der Waals surface area (Å²) in [6, 6.07) is 1.43. The Labute approximate surface area is 156 Å². The summed E-state index contributed by atoms with van der Waals surface area (Å²) in [6.07, 6.45) is 6.71. The first-order valence-electron chi connectivity index (χ1n) is 9.37. The summed E-state index contributed by atoms with van der Waals surface area (Å²) >= 11 is 0. The van der Waals surface area contributed by atoms with E-state index < -0.39 is 5.82 Å². The Morgan fingerprint density at radius 3 is 2.93 bits per heavy atom. The number of halogens is 1. The molecule has 4 heterocycles. The molecule has 4 rings (SSSR count). The van der Waals surface area contributed by atoms with Crippen LogP contribution in [0.15, 0.2) is 23.0 Å². The fourth-order valence-electron chi connectivity index (χ4n) is 4.17. The van der Waals surface area contributed by atoms with Crippen LogP contribution >= 0.6 is 0 Å². The molecule has 2 aliphatic rings. The molecular weight excluding hydrogens is 351 g/mol. The normalized spacial score (nSPS) is 22.1. The predicted octanol–water partition coefficient (Wildman–Crippen LogP) is 2.56. The third-order valence-electron chi connectivity index (χ3n) is 5.60. The lowest BCUT2D eigenvalue weighted by Crippen LogP contribution is -2.51. The molecule has 0 saturated carbocycles. The van der Waals surface area contributed by atoms with Gasteiger partial charge in [0.05, 0.1) is 17.4 Å². The molecule has 0 radical (unpaired) electrons. The minimum Gasteiger partial charge on any atom is -0.375 e. The first kappa shape index (κ1) is 18.0. The molecule has 7 nitrogen and oxygen atoms in total. The molecule has 0 bridgehead atoms. The molecule has 2 fully saturated rings. The first-order valence-corrected chi connectivity index (χ1v) is 9.37. The summed E-state index contributed by atoms with van der Waals surface area (Å²) in [6.45, 7) is 3.62. The standard InChI is InChI=1S/C19H23FN4O3/c1-13-22-17(23-27-13)10-14-3-9-26-19(11-14)4-7-24(8-5-19)18(25)15-2-6-21-12-16(15)20/h2,6,12,14H,3-5,7-11H2,1H3. The van der Waals surface area contributed by atoms with Crippen LogP contribution < -0.4 is 0 Å². The number of rotatable bonds is 3. The Morgan fingerprint density at radius 2 is 2.22 bits per heavy atom. The van der Waals surface area contributed by atoms with Gasteiger partial charge in [-0.05, 0) is 37.7 Å². The number of nitrogens with zero attached hydrogens (tertiary/aromatic N) is 4. The van der Waals surface area contributed by atoms with Crippen molar-refractivity contribution in [3.8, 4) is 0 Å². The Kier molecular flexibility index (Phi) is 4.90. The summed E-state index contributed by atoms with van der Waals surface area (Å²) in [7, 11) is 0. The summed E-state index contributed by atoms with van der Waals surface area (Å²) in [5, 5.41) is 4.00. The third kappa shape index (κ3) is 3.85. The molecule has 2 aliphatic heterocycles. The van der Waals surface area contributed by atoms with E-state index in [0.29, 0.717) is 31.5 Å². The zero-order chi connectivity index (χ0) is 18.9. The van der Waals surface area contributed by atoms with E-state index >= 15 is 0 Å². The predicted molar refractivity (Wildman–Crippen MR) is 93.5 cm³/mol. The lowest BCUT2D eigenvalue weighted by atomic mass is 9.78. The van der Waals surface area contributed by atoms with Crippen molar-refractivity contribution in [3.05, 3.63) is 41.6 Å². The second kappa shape index (κ2) is 7.34. The van der Waals surface area contributed by atoms with E-state index in [-0.39, 0.29) is 17.1 Å². The van der Waals surface area contributed by atoms with Crippen molar-refractivity contribution in [3.63, 3.8) is 0 Å². The summed E-state index contributed by atoms with van der Waals surface area (Å²) < 4.78 is 25.1. The van der Waals surface area contributed by atoms with Crippen LogP contribution in [-0.4, -0.2) is 51.2 Å². The van der Waals surface area contributed by atoms with E-state index in [9.17, 15) is 9.18 Å². The van der Waals surface area contributed by atoms with Gasteiger partial charge in [-0.25, -0.2) is 4.39 Å². The van der Waals surface area contributed by atoms with Crippen LogP contribution in [0.4, 0.5) is 4.39 Å². The van der Waals surface area contributed by atoms with Crippen molar-refractivity contribution in [1.29, 1.82) is 0 Å². The summed E-state index contributed by atoms with van der Waals surface area (Å²) in [5.41, 5.74) is -0.134. The Bertz CT molecular complexity index is 817. The quantitative estimate of drug-likeness (QED) is 0.821. The molecule has 2 aromatic rings. The van der Waals surface area contributed by atoms with Crippen molar-refractivity contribution < 1.29 is 18.4 Å². The van der Waals surface area contributed by atoms with Gasteiger partial charge in [0, 0.05) is 39.2 Å². The Balaban J connectivity index is 1.37. The number of pyridine rings is 1. The van der Waals surface area contributed by atoms with Gasteiger partial charge in [0.15, 0.2) is 11.6 Å². The molecular formula is C19H23FN4O3. The minimum atomic E-state index is -0.577. The van der Waals surface area contributed by atoms with Crippen LogP contribution in [-0.2, 0) is 11.2 Å². The average Bonchev–Trinajstić information content (AvgIpc) is 3.07. The molecule has 2 saturated heterocycles. The lowest BCUT2D eigenvalue weighted by Gasteiger charge is -2.46. The van der Waals surface area contributed by atoms with Crippen LogP contribution in [0.3, 0.4) is 0 Å². The van der Waals surface area contributed by atoms with Gasteiger partial charge in [-0.2, -0.15) is 4.98 Å². The number of hydrogen-bond donors (Lipinski definition) is 0. The maximum absolute atomic E-state index is 13.8. The third-order valence-corrected chi connectivity index (χ3v) is 5.60. The van der Waals surface area contributed by atoms with Gasteiger partial charge < -0.3 is 14.2 Å². The van der Waals surface area contributed by atoms with Gasteiger partial charge in [-0.3, -0.25) is 9.78 Å². The van der Waals surface area contributed by atoms with Crippen molar-refractivity contribution in [2.75, 3.05) is 19.7 Å².